The number of sulfone groups is 1. The van der Waals surface area contributed by atoms with Crippen LogP contribution < -0.4 is 4.74 Å². The van der Waals surface area contributed by atoms with E-state index in [1.54, 1.807) is 37.3 Å². The van der Waals surface area contributed by atoms with E-state index in [-0.39, 0.29) is 11.5 Å². The number of esters is 1. The molecule has 0 atom stereocenters. The van der Waals surface area contributed by atoms with Crippen molar-refractivity contribution in [1.82, 2.24) is 0 Å². The summed E-state index contributed by atoms with van der Waals surface area (Å²) in [7, 11) is -3.27. The Kier molecular flexibility index (Phi) is 4.50. The Bertz CT molecular complexity index is 1020. The van der Waals surface area contributed by atoms with Crippen LogP contribution in [0.3, 0.4) is 0 Å². The minimum Gasteiger partial charge on any atom is -0.464 e. The van der Waals surface area contributed by atoms with E-state index in [0.717, 1.165) is 6.26 Å². The van der Waals surface area contributed by atoms with Gasteiger partial charge >= 0.3 is 5.97 Å². The molecule has 130 valence electrons. The lowest BCUT2D eigenvalue weighted by atomic mass is 10.1. The van der Waals surface area contributed by atoms with Crippen LogP contribution in [0.4, 0.5) is 0 Å². The van der Waals surface area contributed by atoms with Crippen LogP contribution >= 0.6 is 0 Å². The highest BCUT2D eigenvalue weighted by Gasteiger charge is 2.15. The predicted molar refractivity (Wildman–Crippen MR) is 91.8 cm³/mol. The molecule has 0 aliphatic rings. The fourth-order valence-electron chi connectivity index (χ4n) is 2.34. The van der Waals surface area contributed by atoms with Crippen LogP contribution in [0.5, 0.6) is 11.5 Å². The number of benzene rings is 2. The van der Waals surface area contributed by atoms with Crippen molar-refractivity contribution < 1.29 is 27.1 Å². The molecule has 0 amide bonds. The number of rotatable bonds is 5. The summed E-state index contributed by atoms with van der Waals surface area (Å²) in [4.78, 5) is 12.2. The maximum absolute atomic E-state index is 12.0. The maximum atomic E-state index is 12.0. The van der Waals surface area contributed by atoms with Gasteiger partial charge in [-0.1, -0.05) is 0 Å². The van der Waals surface area contributed by atoms with E-state index in [0.29, 0.717) is 28.0 Å². The molecule has 0 spiro atoms. The SMILES string of the molecule is CCOC(=O)c1cc(Oc2ccc(S(C)(=O)=O)cc2)c2ccoc2c1. The van der Waals surface area contributed by atoms with Gasteiger partial charge in [0.2, 0.25) is 0 Å². The second-order valence-corrected chi connectivity index (χ2v) is 7.39. The van der Waals surface area contributed by atoms with Crippen molar-refractivity contribution in [3.63, 3.8) is 0 Å². The average Bonchev–Trinajstić information content (AvgIpc) is 3.03. The topological polar surface area (TPSA) is 82.8 Å². The van der Waals surface area contributed by atoms with E-state index < -0.39 is 15.8 Å². The second-order valence-electron chi connectivity index (χ2n) is 5.37. The average molecular weight is 360 g/mol. The number of carbonyl (C=O) groups is 1. The summed E-state index contributed by atoms with van der Waals surface area (Å²) < 4.78 is 39.2. The van der Waals surface area contributed by atoms with Crippen molar-refractivity contribution in [2.75, 3.05) is 12.9 Å². The van der Waals surface area contributed by atoms with Crippen LogP contribution in [0.1, 0.15) is 17.3 Å². The quantitative estimate of drug-likeness (QED) is 0.644. The zero-order valence-corrected chi connectivity index (χ0v) is 14.5. The van der Waals surface area contributed by atoms with E-state index in [1.807, 2.05) is 0 Å². The van der Waals surface area contributed by atoms with Gasteiger partial charge in [-0.25, -0.2) is 13.2 Å². The van der Waals surface area contributed by atoms with Gasteiger partial charge in [0.25, 0.3) is 0 Å². The molecular weight excluding hydrogens is 344 g/mol. The van der Waals surface area contributed by atoms with Crippen molar-refractivity contribution in [2.24, 2.45) is 0 Å². The third-order valence-electron chi connectivity index (χ3n) is 3.52. The lowest BCUT2D eigenvalue weighted by Crippen LogP contribution is -2.04. The first-order valence-electron chi connectivity index (χ1n) is 7.55. The Balaban J connectivity index is 1.97. The molecule has 1 heterocycles. The zero-order valence-electron chi connectivity index (χ0n) is 13.7. The molecule has 0 N–H and O–H groups in total. The van der Waals surface area contributed by atoms with Crippen molar-refractivity contribution in [3.8, 4) is 11.5 Å². The Labute approximate surface area is 144 Å². The highest BCUT2D eigenvalue weighted by molar-refractivity contribution is 7.90. The molecule has 0 aliphatic carbocycles. The standard InChI is InChI=1S/C18H16O6S/c1-3-22-18(19)12-10-16-15(8-9-23-16)17(11-12)24-13-4-6-14(7-5-13)25(2,20)21/h4-11H,3H2,1-2H3. The Morgan fingerprint density at radius 3 is 2.48 bits per heavy atom. The molecule has 6 nitrogen and oxygen atoms in total. The number of fused-ring (bicyclic) bond motifs is 1. The molecule has 0 radical (unpaired) electrons. The summed E-state index contributed by atoms with van der Waals surface area (Å²) in [6.07, 6.45) is 2.64. The van der Waals surface area contributed by atoms with Crippen LogP contribution in [0.2, 0.25) is 0 Å². The number of ether oxygens (including phenoxy) is 2. The lowest BCUT2D eigenvalue weighted by molar-refractivity contribution is 0.0526. The van der Waals surface area contributed by atoms with Gasteiger partial charge in [0.05, 0.1) is 28.7 Å². The third kappa shape index (κ3) is 3.66. The Morgan fingerprint density at radius 2 is 1.84 bits per heavy atom. The monoisotopic (exact) mass is 360 g/mol. The first-order valence-corrected chi connectivity index (χ1v) is 9.44. The molecule has 0 saturated heterocycles. The predicted octanol–water partition coefficient (Wildman–Crippen LogP) is 3.81. The smallest absolute Gasteiger partial charge is 0.338 e. The zero-order chi connectivity index (χ0) is 18.0. The van der Waals surface area contributed by atoms with Crippen molar-refractivity contribution in [2.45, 2.75) is 11.8 Å². The Hall–Kier alpha value is -2.80. The van der Waals surface area contributed by atoms with Gasteiger partial charge < -0.3 is 13.9 Å². The van der Waals surface area contributed by atoms with E-state index in [9.17, 15) is 13.2 Å². The van der Waals surface area contributed by atoms with E-state index >= 15 is 0 Å². The van der Waals surface area contributed by atoms with E-state index in [4.69, 9.17) is 13.9 Å². The molecule has 3 aromatic rings. The molecule has 7 heteroatoms. The highest BCUT2D eigenvalue weighted by atomic mass is 32.2. The molecule has 0 aliphatic heterocycles. The van der Waals surface area contributed by atoms with Gasteiger partial charge in [-0.3, -0.25) is 0 Å². The highest BCUT2D eigenvalue weighted by Crippen LogP contribution is 2.33. The van der Waals surface area contributed by atoms with E-state index in [2.05, 4.69) is 0 Å². The van der Waals surface area contributed by atoms with Crippen LogP contribution in [-0.2, 0) is 14.6 Å². The van der Waals surface area contributed by atoms with Gasteiger partial charge in [0, 0.05) is 6.26 Å². The Morgan fingerprint density at radius 1 is 1.12 bits per heavy atom. The molecule has 2 aromatic carbocycles. The van der Waals surface area contributed by atoms with E-state index in [1.165, 1.54) is 18.4 Å². The largest absolute Gasteiger partial charge is 0.464 e. The van der Waals surface area contributed by atoms with Crippen LogP contribution in [-0.4, -0.2) is 27.2 Å². The van der Waals surface area contributed by atoms with Crippen molar-refractivity contribution in [3.05, 3.63) is 54.3 Å². The molecule has 0 unspecified atom stereocenters. The normalized spacial score (nSPS) is 11.4. The summed E-state index contributed by atoms with van der Waals surface area (Å²) in [6, 6.07) is 10.9. The first-order chi connectivity index (χ1) is 11.9. The number of hydrogen-bond acceptors (Lipinski definition) is 6. The summed E-state index contributed by atoms with van der Waals surface area (Å²) >= 11 is 0. The minimum absolute atomic E-state index is 0.202. The van der Waals surface area contributed by atoms with Gasteiger partial charge in [0.15, 0.2) is 9.84 Å². The number of furan rings is 1. The van der Waals surface area contributed by atoms with Gasteiger partial charge in [-0.2, -0.15) is 0 Å². The fraction of sp³-hybridized carbons (Fsp3) is 0.167. The first kappa shape index (κ1) is 17.0. The number of carbonyl (C=O) groups excluding carboxylic acids is 1. The van der Waals surface area contributed by atoms with Crippen molar-refractivity contribution >= 4 is 26.8 Å². The van der Waals surface area contributed by atoms with Gasteiger partial charge in [-0.05, 0) is 49.4 Å². The van der Waals surface area contributed by atoms with Crippen LogP contribution in [0.25, 0.3) is 11.0 Å². The fourth-order valence-corrected chi connectivity index (χ4v) is 2.97. The van der Waals surface area contributed by atoms with Crippen LogP contribution in [0.15, 0.2) is 58.0 Å². The maximum Gasteiger partial charge on any atom is 0.338 e. The summed E-state index contributed by atoms with van der Waals surface area (Å²) in [5.74, 6) is 0.385. The van der Waals surface area contributed by atoms with Crippen LogP contribution in [0, 0.1) is 0 Å². The molecule has 25 heavy (non-hydrogen) atoms. The summed E-state index contributed by atoms with van der Waals surface area (Å²) in [6.45, 7) is 1.99. The molecule has 0 saturated carbocycles. The molecule has 3 rings (SSSR count). The summed E-state index contributed by atoms with van der Waals surface area (Å²) in [5, 5.41) is 0.695. The number of hydrogen-bond donors (Lipinski definition) is 0. The third-order valence-corrected chi connectivity index (χ3v) is 4.65. The molecule has 0 fully saturated rings. The van der Waals surface area contributed by atoms with Crippen molar-refractivity contribution in [1.29, 1.82) is 0 Å². The second kappa shape index (κ2) is 6.60. The minimum atomic E-state index is -3.27. The summed E-state index contributed by atoms with van der Waals surface area (Å²) in [5.41, 5.74) is 0.806. The van der Waals surface area contributed by atoms with Gasteiger partial charge in [-0.15, -0.1) is 0 Å². The molecular formula is C18H16O6S. The lowest BCUT2D eigenvalue weighted by Gasteiger charge is -2.09. The molecule has 0 bridgehead atoms. The van der Waals surface area contributed by atoms with Gasteiger partial charge in [0.1, 0.15) is 17.1 Å². The molecule has 1 aromatic heterocycles.